The quantitative estimate of drug-likeness (QED) is 0.789. The van der Waals surface area contributed by atoms with E-state index < -0.39 is 0 Å². The molecule has 0 aliphatic carbocycles. The number of rotatable bonds is 4. The second-order valence-corrected chi connectivity index (χ2v) is 6.31. The molecule has 0 aromatic carbocycles. The van der Waals surface area contributed by atoms with Crippen molar-refractivity contribution in [3.05, 3.63) is 0 Å². The number of hydrogen-bond acceptors (Lipinski definition) is 3. The van der Waals surface area contributed by atoms with Gasteiger partial charge < -0.3 is 9.80 Å². The monoisotopic (exact) mass is 284 g/mol. The van der Waals surface area contributed by atoms with Gasteiger partial charge in [-0.1, -0.05) is 6.92 Å². The predicted molar refractivity (Wildman–Crippen MR) is 78.1 cm³/mol. The summed E-state index contributed by atoms with van der Waals surface area (Å²) in [6, 6.07) is 0.0943. The average molecular weight is 284 g/mol. The van der Waals surface area contributed by atoms with Crippen molar-refractivity contribution in [3.8, 4) is 0 Å². The van der Waals surface area contributed by atoms with Gasteiger partial charge in [0.25, 0.3) is 0 Å². The fourth-order valence-electron chi connectivity index (χ4n) is 3.13. The Hall–Kier alpha value is -0.710. The standard InChI is InChI=1S/C14H24N2O2S/c1-3-11(10-19-2)15-9-7-13(17)16-8-5-4-6-12(16)14(15)18/h11-12H,3-10H2,1-2H3. The van der Waals surface area contributed by atoms with Gasteiger partial charge in [0.2, 0.25) is 11.8 Å². The SMILES string of the molecule is CCC(CSC)N1CCC(=O)N2CCCCC2C1=O. The molecule has 0 aromatic heterocycles. The Bertz CT molecular complexity index is 348. The highest BCUT2D eigenvalue weighted by Gasteiger charge is 2.39. The van der Waals surface area contributed by atoms with Crippen LogP contribution >= 0.6 is 11.8 Å². The molecule has 5 heteroatoms. The van der Waals surface area contributed by atoms with Crippen molar-refractivity contribution in [2.45, 2.75) is 51.1 Å². The minimum Gasteiger partial charge on any atom is -0.337 e. The molecule has 2 amide bonds. The van der Waals surface area contributed by atoms with Gasteiger partial charge in [-0.3, -0.25) is 9.59 Å². The Morgan fingerprint density at radius 1 is 1.32 bits per heavy atom. The lowest BCUT2D eigenvalue weighted by molar-refractivity contribution is -0.144. The van der Waals surface area contributed by atoms with E-state index in [0.29, 0.717) is 13.0 Å². The highest BCUT2D eigenvalue weighted by Crippen LogP contribution is 2.25. The van der Waals surface area contributed by atoms with E-state index >= 15 is 0 Å². The number of hydrogen-bond donors (Lipinski definition) is 0. The number of thioether (sulfide) groups is 1. The van der Waals surface area contributed by atoms with Crippen LogP contribution in [0.1, 0.15) is 39.0 Å². The van der Waals surface area contributed by atoms with Crippen LogP contribution in [0.2, 0.25) is 0 Å². The van der Waals surface area contributed by atoms with Crippen molar-refractivity contribution < 1.29 is 9.59 Å². The maximum Gasteiger partial charge on any atom is 0.245 e. The van der Waals surface area contributed by atoms with Gasteiger partial charge in [-0.15, -0.1) is 0 Å². The first-order valence-corrected chi connectivity index (χ1v) is 8.67. The molecule has 4 nitrogen and oxygen atoms in total. The Labute approximate surface area is 119 Å². The Kier molecular flexibility index (Phi) is 5.13. The molecule has 2 aliphatic rings. The zero-order valence-corrected chi connectivity index (χ0v) is 12.7. The zero-order valence-electron chi connectivity index (χ0n) is 11.9. The van der Waals surface area contributed by atoms with Gasteiger partial charge in [0.1, 0.15) is 6.04 Å². The highest BCUT2D eigenvalue weighted by molar-refractivity contribution is 7.98. The van der Waals surface area contributed by atoms with E-state index in [2.05, 4.69) is 13.2 Å². The number of fused-ring (bicyclic) bond motifs is 1. The van der Waals surface area contributed by atoms with Crippen LogP contribution in [0.4, 0.5) is 0 Å². The third kappa shape index (κ3) is 3.07. The third-order valence-electron chi connectivity index (χ3n) is 4.23. The number of amides is 2. The number of piperidine rings is 1. The van der Waals surface area contributed by atoms with Crippen LogP contribution in [-0.4, -0.2) is 58.8 Å². The maximum absolute atomic E-state index is 12.7. The van der Waals surface area contributed by atoms with Gasteiger partial charge in [-0.2, -0.15) is 11.8 Å². The molecule has 2 atom stereocenters. The molecule has 2 fully saturated rings. The Balaban J connectivity index is 2.17. The van der Waals surface area contributed by atoms with Gasteiger partial charge in [0.05, 0.1) is 0 Å². The van der Waals surface area contributed by atoms with Crippen molar-refractivity contribution in [1.82, 2.24) is 9.80 Å². The molecule has 2 rings (SSSR count). The van der Waals surface area contributed by atoms with E-state index in [4.69, 9.17) is 0 Å². The normalized spacial score (nSPS) is 26.1. The lowest BCUT2D eigenvalue weighted by atomic mass is 10.0. The van der Waals surface area contributed by atoms with Gasteiger partial charge in [0, 0.05) is 31.3 Å². The molecule has 0 spiro atoms. The topological polar surface area (TPSA) is 40.6 Å². The summed E-state index contributed by atoms with van der Waals surface area (Å²) in [6.07, 6.45) is 6.48. The summed E-state index contributed by atoms with van der Waals surface area (Å²) >= 11 is 1.77. The summed E-state index contributed by atoms with van der Waals surface area (Å²) < 4.78 is 0. The van der Waals surface area contributed by atoms with Gasteiger partial charge in [-0.05, 0) is 31.9 Å². The van der Waals surface area contributed by atoms with E-state index in [1.807, 2.05) is 9.80 Å². The van der Waals surface area contributed by atoms with Crippen LogP contribution in [-0.2, 0) is 9.59 Å². The Morgan fingerprint density at radius 3 is 2.79 bits per heavy atom. The van der Waals surface area contributed by atoms with Crippen molar-refractivity contribution in [1.29, 1.82) is 0 Å². The molecule has 0 saturated carbocycles. The number of nitrogens with zero attached hydrogens (tertiary/aromatic N) is 2. The third-order valence-corrected chi connectivity index (χ3v) is 4.95. The minimum absolute atomic E-state index is 0.166. The van der Waals surface area contributed by atoms with E-state index in [-0.39, 0.29) is 23.9 Å². The average Bonchev–Trinajstić information content (AvgIpc) is 2.56. The molecule has 2 heterocycles. The molecular weight excluding hydrogens is 260 g/mol. The highest BCUT2D eigenvalue weighted by atomic mass is 32.2. The van der Waals surface area contributed by atoms with Gasteiger partial charge in [0.15, 0.2) is 0 Å². The van der Waals surface area contributed by atoms with Crippen LogP contribution in [0, 0.1) is 0 Å². The van der Waals surface area contributed by atoms with Crippen LogP contribution in [0.3, 0.4) is 0 Å². The van der Waals surface area contributed by atoms with Gasteiger partial charge >= 0.3 is 0 Å². The summed E-state index contributed by atoms with van der Waals surface area (Å²) in [5.41, 5.74) is 0. The smallest absolute Gasteiger partial charge is 0.245 e. The summed E-state index contributed by atoms with van der Waals surface area (Å²) in [5.74, 6) is 1.31. The van der Waals surface area contributed by atoms with Crippen molar-refractivity contribution >= 4 is 23.6 Å². The largest absolute Gasteiger partial charge is 0.337 e. The second-order valence-electron chi connectivity index (χ2n) is 5.40. The fourth-order valence-corrected chi connectivity index (χ4v) is 3.93. The molecule has 2 aliphatic heterocycles. The van der Waals surface area contributed by atoms with Crippen molar-refractivity contribution in [2.75, 3.05) is 25.1 Å². The molecule has 19 heavy (non-hydrogen) atoms. The maximum atomic E-state index is 12.7. The zero-order chi connectivity index (χ0) is 13.8. The predicted octanol–water partition coefficient (Wildman–Crippen LogP) is 1.74. The molecule has 0 radical (unpaired) electrons. The van der Waals surface area contributed by atoms with E-state index in [0.717, 1.165) is 38.0 Å². The number of carbonyl (C=O) groups is 2. The summed E-state index contributed by atoms with van der Waals surface area (Å²) in [4.78, 5) is 28.7. The minimum atomic E-state index is -0.181. The number of carbonyl (C=O) groups excluding carboxylic acids is 2. The van der Waals surface area contributed by atoms with Gasteiger partial charge in [-0.25, -0.2) is 0 Å². The van der Waals surface area contributed by atoms with Crippen LogP contribution in [0.25, 0.3) is 0 Å². The first-order chi connectivity index (χ1) is 9.19. The molecule has 0 bridgehead atoms. The second kappa shape index (κ2) is 6.64. The Morgan fingerprint density at radius 2 is 2.11 bits per heavy atom. The molecule has 0 N–H and O–H groups in total. The van der Waals surface area contributed by atoms with E-state index in [9.17, 15) is 9.59 Å². The van der Waals surface area contributed by atoms with Crippen LogP contribution in [0.15, 0.2) is 0 Å². The van der Waals surface area contributed by atoms with E-state index in [1.54, 1.807) is 11.8 Å². The molecule has 108 valence electrons. The lowest BCUT2D eigenvalue weighted by Gasteiger charge is -2.36. The fraction of sp³-hybridized carbons (Fsp3) is 0.857. The molecule has 2 saturated heterocycles. The van der Waals surface area contributed by atoms with Crippen LogP contribution < -0.4 is 0 Å². The van der Waals surface area contributed by atoms with Crippen LogP contribution in [0.5, 0.6) is 0 Å². The molecular formula is C14H24N2O2S. The summed E-state index contributed by atoms with van der Waals surface area (Å²) in [5, 5.41) is 0. The van der Waals surface area contributed by atoms with E-state index in [1.165, 1.54) is 0 Å². The first-order valence-electron chi connectivity index (χ1n) is 7.28. The lowest BCUT2D eigenvalue weighted by Crippen LogP contribution is -2.52. The summed E-state index contributed by atoms with van der Waals surface area (Å²) in [6.45, 7) is 3.49. The van der Waals surface area contributed by atoms with Crippen molar-refractivity contribution in [3.63, 3.8) is 0 Å². The van der Waals surface area contributed by atoms with Crippen molar-refractivity contribution in [2.24, 2.45) is 0 Å². The summed E-state index contributed by atoms with van der Waals surface area (Å²) in [7, 11) is 0. The molecule has 2 unspecified atom stereocenters. The first kappa shape index (κ1) is 14.7. The molecule has 0 aromatic rings.